The number of nitrogens with one attached hydrogen (secondary N) is 1. The molecule has 0 aliphatic heterocycles. The molecule has 1 N–H and O–H groups in total. The number of hydrogen-bond acceptors (Lipinski definition) is 3. The first kappa shape index (κ1) is 18.8. The summed E-state index contributed by atoms with van der Waals surface area (Å²) >= 11 is 0. The van der Waals surface area contributed by atoms with Gasteiger partial charge in [0.05, 0.1) is 13.2 Å². The van der Waals surface area contributed by atoms with E-state index in [1.807, 2.05) is 74.5 Å². The summed E-state index contributed by atoms with van der Waals surface area (Å²) in [6.45, 7) is 3.91. The summed E-state index contributed by atoms with van der Waals surface area (Å²) in [5, 5.41) is 5.28. The summed E-state index contributed by atoms with van der Waals surface area (Å²) in [7, 11) is 1.64. The normalized spacial score (nSPS) is 13.0. The van der Waals surface area contributed by atoms with Crippen LogP contribution in [-0.2, 0) is 4.79 Å². The predicted molar refractivity (Wildman–Crippen MR) is 108 cm³/mol. The van der Waals surface area contributed by atoms with E-state index in [0.29, 0.717) is 12.2 Å². The first-order chi connectivity index (χ1) is 13.1. The lowest BCUT2D eigenvalue weighted by atomic mass is 10.1. The van der Waals surface area contributed by atoms with Crippen molar-refractivity contribution in [3.63, 3.8) is 0 Å². The minimum atomic E-state index is -0.535. The van der Waals surface area contributed by atoms with Gasteiger partial charge in [-0.05, 0) is 53.9 Å². The fourth-order valence-electron chi connectivity index (χ4n) is 3.01. The van der Waals surface area contributed by atoms with E-state index in [4.69, 9.17) is 9.47 Å². The molecule has 0 saturated carbocycles. The average molecular weight is 363 g/mol. The van der Waals surface area contributed by atoms with E-state index in [0.717, 1.165) is 22.1 Å². The van der Waals surface area contributed by atoms with Gasteiger partial charge in [-0.1, -0.05) is 49.4 Å². The molecule has 0 aliphatic rings. The highest BCUT2D eigenvalue weighted by Crippen LogP contribution is 2.23. The van der Waals surface area contributed by atoms with E-state index in [1.54, 1.807) is 7.11 Å². The lowest BCUT2D eigenvalue weighted by Crippen LogP contribution is -2.39. The van der Waals surface area contributed by atoms with Crippen molar-refractivity contribution in [3.8, 4) is 11.5 Å². The second-order valence-electron chi connectivity index (χ2n) is 6.53. The number of fused-ring (bicyclic) bond motifs is 1. The number of hydrogen-bond donors (Lipinski definition) is 1. The largest absolute Gasteiger partial charge is 0.497 e. The van der Waals surface area contributed by atoms with E-state index in [2.05, 4.69) is 11.4 Å². The van der Waals surface area contributed by atoms with Gasteiger partial charge in [-0.2, -0.15) is 0 Å². The van der Waals surface area contributed by atoms with Gasteiger partial charge in [-0.15, -0.1) is 0 Å². The second kappa shape index (κ2) is 8.58. The Morgan fingerprint density at radius 3 is 2.30 bits per heavy atom. The lowest BCUT2D eigenvalue weighted by molar-refractivity contribution is -0.128. The number of amides is 1. The topological polar surface area (TPSA) is 47.6 Å². The summed E-state index contributed by atoms with van der Waals surface area (Å²) in [6, 6.07) is 21.6. The van der Waals surface area contributed by atoms with Crippen LogP contribution in [0.1, 0.15) is 31.9 Å². The first-order valence-corrected chi connectivity index (χ1v) is 9.20. The standard InChI is InChI=1S/C23H25NO3/c1-4-22(27-21-14-11-18-7-5-6-8-19(18)15-21)23(25)24-16(2)17-9-12-20(26-3)13-10-17/h5-16,22H,4H2,1-3H3,(H,24,25)/t16-,22+/m0/s1. The Labute approximate surface area is 160 Å². The molecule has 0 heterocycles. The highest BCUT2D eigenvalue weighted by Gasteiger charge is 2.21. The van der Waals surface area contributed by atoms with E-state index in [-0.39, 0.29) is 11.9 Å². The molecule has 0 aromatic heterocycles. The number of carbonyl (C=O) groups is 1. The molecule has 0 radical (unpaired) electrons. The number of rotatable bonds is 7. The van der Waals surface area contributed by atoms with Crippen LogP contribution in [0, 0.1) is 0 Å². The Balaban J connectivity index is 1.67. The Morgan fingerprint density at radius 1 is 0.963 bits per heavy atom. The summed E-state index contributed by atoms with van der Waals surface area (Å²) in [5.74, 6) is 1.38. The Kier molecular flexibility index (Phi) is 5.97. The van der Waals surface area contributed by atoms with Crippen molar-refractivity contribution in [2.45, 2.75) is 32.4 Å². The van der Waals surface area contributed by atoms with Crippen LogP contribution in [0.15, 0.2) is 66.7 Å². The van der Waals surface area contributed by atoms with Crippen LogP contribution in [0.5, 0.6) is 11.5 Å². The number of benzene rings is 3. The fourth-order valence-corrected chi connectivity index (χ4v) is 3.01. The van der Waals surface area contributed by atoms with Crippen LogP contribution >= 0.6 is 0 Å². The van der Waals surface area contributed by atoms with Crippen molar-refractivity contribution >= 4 is 16.7 Å². The molecule has 0 saturated heterocycles. The molecule has 3 aromatic carbocycles. The molecule has 4 nitrogen and oxygen atoms in total. The summed E-state index contributed by atoms with van der Waals surface area (Å²) in [4.78, 5) is 12.7. The van der Waals surface area contributed by atoms with Gasteiger partial charge in [0.15, 0.2) is 6.10 Å². The molecule has 4 heteroatoms. The Bertz CT molecular complexity index is 905. The quantitative estimate of drug-likeness (QED) is 0.650. The van der Waals surface area contributed by atoms with Gasteiger partial charge < -0.3 is 14.8 Å². The third-order valence-corrected chi connectivity index (χ3v) is 4.64. The molecule has 3 rings (SSSR count). The molecular formula is C23H25NO3. The van der Waals surface area contributed by atoms with Gasteiger partial charge in [0.25, 0.3) is 5.91 Å². The van der Waals surface area contributed by atoms with Gasteiger partial charge in [0.2, 0.25) is 0 Å². The van der Waals surface area contributed by atoms with Gasteiger partial charge in [-0.25, -0.2) is 0 Å². The van der Waals surface area contributed by atoms with Gasteiger partial charge in [0.1, 0.15) is 11.5 Å². The maximum Gasteiger partial charge on any atom is 0.261 e. The first-order valence-electron chi connectivity index (χ1n) is 9.20. The number of methoxy groups -OCH3 is 1. The van der Waals surface area contributed by atoms with Crippen molar-refractivity contribution in [3.05, 3.63) is 72.3 Å². The molecule has 140 valence electrons. The molecule has 1 amide bonds. The monoisotopic (exact) mass is 363 g/mol. The van der Waals surface area contributed by atoms with Crippen molar-refractivity contribution in [1.82, 2.24) is 5.32 Å². The van der Waals surface area contributed by atoms with Crippen LogP contribution in [0.3, 0.4) is 0 Å². The van der Waals surface area contributed by atoms with Crippen LogP contribution in [0.2, 0.25) is 0 Å². The van der Waals surface area contributed by atoms with Crippen molar-refractivity contribution in [2.24, 2.45) is 0 Å². The second-order valence-corrected chi connectivity index (χ2v) is 6.53. The molecule has 0 spiro atoms. The minimum Gasteiger partial charge on any atom is -0.497 e. The molecule has 3 aromatic rings. The minimum absolute atomic E-state index is 0.113. The zero-order chi connectivity index (χ0) is 19.2. The summed E-state index contributed by atoms with van der Waals surface area (Å²) in [5.41, 5.74) is 1.02. The van der Waals surface area contributed by atoms with Crippen molar-refractivity contribution in [1.29, 1.82) is 0 Å². The van der Waals surface area contributed by atoms with Crippen molar-refractivity contribution in [2.75, 3.05) is 7.11 Å². The molecule has 27 heavy (non-hydrogen) atoms. The molecule has 0 aliphatic carbocycles. The van der Waals surface area contributed by atoms with E-state index < -0.39 is 6.10 Å². The highest BCUT2D eigenvalue weighted by molar-refractivity contribution is 5.84. The Hall–Kier alpha value is -3.01. The van der Waals surface area contributed by atoms with E-state index in [1.165, 1.54) is 0 Å². The zero-order valence-corrected chi connectivity index (χ0v) is 15.9. The molecular weight excluding hydrogens is 338 g/mol. The highest BCUT2D eigenvalue weighted by atomic mass is 16.5. The number of carbonyl (C=O) groups excluding carboxylic acids is 1. The summed E-state index contributed by atoms with van der Waals surface area (Å²) < 4.78 is 11.1. The summed E-state index contributed by atoms with van der Waals surface area (Å²) in [6.07, 6.45) is 0.0559. The van der Waals surface area contributed by atoms with Crippen LogP contribution < -0.4 is 14.8 Å². The van der Waals surface area contributed by atoms with Gasteiger partial charge >= 0.3 is 0 Å². The zero-order valence-electron chi connectivity index (χ0n) is 15.9. The molecule has 0 unspecified atom stereocenters. The SMILES string of the molecule is CC[C@@H](Oc1ccc2ccccc2c1)C(=O)N[C@@H](C)c1ccc(OC)cc1. The predicted octanol–water partition coefficient (Wildman–Crippen LogP) is 4.88. The van der Waals surface area contributed by atoms with Crippen LogP contribution in [-0.4, -0.2) is 19.1 Å². The Morgan fingerprint density at radius 2 is 1.63 bits per heavy atom. The van der Waals surface area contributed by atoms with Gasteiger partial charge in [0, 0.05) is 0 Å². The lowest BCUT2D eigenvalue weighted by Gasteiger charge is -2.21. The molecule has 2 atom stereocenters. The molecule has 0 fully saturated rings. The maximum absolute atomic E-state index is 12.7. The van der Waals surface area contributed by atoms with E-state index >= 15 is 0 Å². The molecule has 0 bridgehead atoms. The van der Waals surface area contributed by atoms with Crippen LogP contribution in [0.4, 0.5) is 0 Å². The third kappa shape index (κ3) is 4.59. The maximum atomic E-state index is 12.7. The van der Waals surface area contributed by atoms with Crippen LogP contribution in [0.25, 0.3) is 10.8 Å². The fraction of sp³-hybridized carbons (Fsp3) is 0.261. The number of ether oxygens (including phenoxy) is 2. The average Bonchev–Trinajstić information content (AvgIpc) is 2.71. The van der Waals surface area contributed by atoms with Crippen molar-refractivity contribution < 1.29 is 14.3 Å². The van der Waals surface area contributed by atoms with E-state index in [9.17, 15) is 4.79 Å². The van der Waals surface area contributed by atoms with Gasteiger partial charge in [-0.3, -0.25) is 4.79 Å². The third-order valence-electron chi connectivity index (χ3n) is 4.64. The smallest absolute Gasteiger partial charge is 0.261 e.